The first-order valence-electron chi connectivity index (χ1n) is 6.06. The molecular formula is C14H22N2O. The van der Waals surface area contributed by atoms with Gasteiger partial charge in [0.05, 0.1) is 0 Å². The van der Waals surface area contributed by atoms with E-state index in [4.69, 9.17) is 5.73 Å². The number of hydrogen-bond donors (Lipinski definition) is 2. The predicted molar refractivity (Wildman–Crippen MR) is 70.0 cm³/mol. The first kappa shape index (κ1) is 12.4. The fraction of sp³-hybridized carbons (Fsp3) is 0.571. The van der Waals surface area contributed by atoms with Crippen LogP contribution in [0.15, 0.2) is 18.2 Å². The van der Waals surface area contributed by atoms with E-state index in [-0.39, 0.29) is 11.5 Å². The van der Waals surface area contributed by atoms with Crippen LogP contribution in [-0.4, -0.2) is 30.1 Å². The Kier molecular flexibility index (Phi) is 2.92. The largest absolute Gasteiger partial charge is 0.508 e. The zero-order valence-corrected chi connectivity index (χ0v) is 11.1. The normalized spacial score (nSPS) is 26.2. The summed E-state index contributed by atoms with van der Waals surface area (Å²) in [5.41, 5.74) is 8.50. The van der Waals surface area contributed by atoms with Gasteiger partial charge < -0.3 is 15.7 Å². The summed E-state index contributed by atoms with van der Waals surface area (Å²) in [6, 6.07) is 6.11. The van der Waals surface area contributed by atoms with Crippen molar-refractivity contribution in [1.29, 1.82) is 0 Å². The minimum Gasteiger partial charge on any atom is -0.508 e. The van der Waals surface area contributed by atoms with Crippen LogP contribution in [0.3, 0.4) is 0 Å². The lowest BCUT2D eigenvalue weighted by Gasteiger charge is -2.13. The number of rotatable bonds is 3. The molecule has 0 amide bonds. The van der Waals surface area contributed by atoms with Crippen molar-refractivity contribution in [2.24, 2.45) is 11.1 Å². The van der Waals surface area contributed by atoms with Gasteiger partial charge in [-0.15, -0.1) is 0 Å². The van der Waals surface area contributed by atoms with Gasteiger partial charge in [-0.05, 0) is 31.1 Å². The van der Waals surface area contributed by atoms with Gasteiger partial charge in [0, 0.05) is 24.1 Å². The molecule has 2 rings (SSSR count). The molecule has 3 heteroatoms. The van der Waals surface area contributed by atoms with Crippen LogP contribution in [0.2, 0.25) is 0 Å². The van der Waals surface area contributed by atoms with E-state index in [0.717, 1.165) is 12.1 Å². The number of phenolic OH excluding ortho intramolecular Hbond substituents is 1. The highest BCUT2D eigenvalue weighted by atomic mass is 16.3. The number of aromatic hydroxyl groups is 1. The van der Waals surface area contributed by atoms with Crippen LogP contribution >= 0.6 is 0 Å². The fourth-order valence-electron chi connectivity index (χ4n) is 2.58. The molecule has 0 radical (unpaired) electrons. The molecule has 1 aromatic rings. The number of hydrogen-bond acceptors (Lipinski definition) is 3. The molecule has 0 aromatic heterocycles. The predicted octanol–water partition coefficient (Wildman–Crippen LogP) is 1.90. The summed E-state index contributed by atoms with van der Waals surface area (Å²) in [4.78, 5) is 2.05. The zero-order valence-electron chi connectivity index (χ0n) is 11.1. The minimum absolute atomic E-state index is 0.187. The summed E-state index contributed by atoms with van der Waals surface area (Å²) in [5.74, 6) is 0.790. The van der Waals surface area contributed by atoms with Crippen molar-refractivity contribution in [3.8, 4) is 5.75 Å². The van der Waals surface area contributed by atoms with Gasteiger partial charge in [0.2, 0.25) is 0 Å². The average Bonchev–Trinajstić information content (AvgIpc) is 2.70. The van der Waals surface area contributed by atoms with Crippen molar-refractivity contribution in [3.63, 3.8) is 0 Å². The third-order valence-corrected chi connectivity index (χ3v) is 3.86. The summed E-state index contributed by atoms with van der Waals surface area (Å²) in [6.45, 7) is 5.14. The zero-order chi connectivity index (χ0) is 12.8. The molecule has 94 valence electrons. The van der Waals surface area contributed by atoms with Gasteiger partial charge in [-0.3, -0.25) is 0 Å². The fourth-order valence-corrected chi connectivity index (χ4v) is 2.58. The monoisotopic (exact) mass is 234 g/mol. The molecule has 17 heavy (non-hydrogen) atoms. The van der Waals surface area contributed by atoms with Gasteiger partial charge in [0.15, 0.2) is 0 Å². The maximum Gasteiger partial charge on any atom is 0.120 e. The molecule has 0 bridgehead atoms. The van der Waals surface area contributed by atoms with E-state index in [2.05, 4.69) is 24.8 Å². The van der Waals surface area contributed by atoms with Crippen LogP contribution in [0.1, 0.15) is 30.9 Å². The lowest BCUT2D eigenvalue weighted by Crippen LogP contribution is -2.11. The van der Waals surface area contributed by atoms with Crippen molar-refractivity contribution in [1.82, 2.24) is 4.90 Å². The van der Waals surface area contributed by atoms with Gasteiger partial charge >= 0.3 is 0 Å². The summed E-state index contributed by atoms with van der Waals surface area (Å²) >= 11 is 0. The third-order valence-electron chi connectivity index (χ3n) is 3.86. The van der Waals surface area contributed by atoms with Crippen molar-refractivity contribution < 1.29 is 5.11 Å². The molecule has 0 unspecified atom stereocenters. The van der Waals surface area contributed by atoms with Gasteiger partial charge in [0.1, 0.15) is 5.75 Å². The van der Waals surface area contributed by atoms with Crippen molar-refractivity contribution in [3.05, 3.63) is 29.3 Å². The summed E-state index contributed by atoms with van der Waals surface area (Å²) in [6.07, 6.45) is 0. The van der Waals surface area contributed by atoms with Crippen LogP contribution < -0.4 is 5.73 Å². The molecule has 2 atom stereocenters. The Hall–Kier alpha value is -1.06. The molecule has 0 spiro atoms. The quantitative estimate of drug-likeness (QED) is 0.840. The SMILES string of the molecule is CN(C)Cc1cc([C@@H]2[C@@H](N)C2(C)C)ccc1O. The molecule has 1 saturated carbocycles. The molecule has 1 aliphatic carbocycles. The third kappa shape index (κ3) is 2.17. The van der Waals surface area contributed by atoms with Gasteiger partial charge in [-0.25, -0.2) is 0 Å². The summed E-state index contributed by atoms with van der Waals surface area (Å²) in [7, 11) is 4.00. The van der Waals surface area contributed by atoms with E-state index in [1.807, 2.05) is 20.2 Å². The van der Waals surface area contributed by atoms with E-state index in [0.29, 0.717) is 11.7 Å². The molecule has 1 aliphatic rings. The van der Waals surface area contributed by atoms with Gasteiger partial charge in [-0.2, -0.15) is 0 Å². The summed E-state index contributed by atoms with van der Waals surface area (Å²) in [5, 5.41) is 9.82. The van der Waals surface area contributed by atoms with Crippen LogP contribution in [-0.2, 0) is 6.54 Å². The molecule has 3 nitrogen and oxygen atoms in total. The van der Waals surface area contributed by atoms with E-state index < -0.39 is 0 Å². The summed E-state index contributed by atoms with van der Waals surface area (Å²) < 4.78 is 0. The average molecular weight is 234 g/mol. The maximum absolute atomic E-state index is 9.82. The van der Waals surface area contributed by atoms with E-state index in [1.165, 1.54) is 5.56 Å². The second kappa shape index (κ2) is 4.00. The van der Waals surface area contributed by atoms with Crippen LogP contribution in [0.4, 0.5) is 0 Å². The van der Waals surface area contributed by atoms with Crippen LogP contribution in [0, 0.1) is 5.41 Å². The second-order valence-electron chi connectivity index (χ2n) is 5.95. The number of benzene rings is 1. The van der Waals surface area contributed by atoms with Crippen molar-refractivity contribution in [2.45, 2.75) is 32.4 Å². The van der Waals surface area contributed by atoms with Gasteiger partial charge in [0.25, 0.3) is 0 Å². The Morgan fingerprint density at radius 2 is 1.94 bits per heavy atom. The lowest BCUT2D eigenvalue weighted by atomic mass is 10.0. The standard InChI is InChI=1S/C14H22N2O/c1-14(2)12(13(14)15)9-5-6-11(17)10(7-9)8-16(3)4/h5-7,12-13,17H,8,15H2,1-4H3/t12-,13-/m1/s1. The highest BCUT2D eigenvalue weighted by Crippen LogP contribution is 2.57. The van der Waals surface area contributed by atoms with E-state index in [9.17, 15) is 5.11 Å². The van der Waals surface area contributed by atoms with E-state index in [1.54, 1.807) is 6.07 Å². The Bertz CT molecular complexity index is 426. The molecule has 0 saturated heterocycles. The Morgan fingerprint density at radius 3 is 2.41 bits per heavy atom. The Morgan fingerprint density at radius 1 is 1.35 bits per heavy atom. The maximum atomic E-state index is 9.82. The Balaban J connectivity index is 2.26. The molecule has 0 heterocycles. The topological polar surface area (TPSA) is 49.5 Å². The molecule has 1 aromatic carbocycles. The highest BCUT2D eigenvalue weighted by Gasteiger charge is 2.56. The van der Waals surface area contributed by atoms with Crippen molar-refractivity contribution in [2.75, 3.05) is 14.1 Å². The minimum atomic E-state index is 0.187. The molecule has 3 N–H and O–H groups in total. The second-order valence-corrected chi connectivity index (χ2v) is 5.95. The van der Waals surface area contributed by atoms with Gasteiger partial charge in [-0.1, -0.05) is 26.0 Å². The first-order chi connectivity index (χ1) is 7.84. The number of nitrogens with two attached hydrogens (primary N) is 1. The highest BCUT2D eigenvalue weighted by molar-refractivity contribution is 5.42. The van der Waals surface area contributed by atoms with Crippen molar-refractivity contribution >= 4 is 0 Å². The smallest absolute Gasteiger partial charge is 0.120 e. The number of nitrogens with zero attached hydrogens (tertiary/aromatic N) is 1. The number of phenols is 1. The lowest BCUT2D eigenvalue weighted by molar-refractivity contribution is 0.385. The van der Waals surface area contributed by atoms with Crippen LogP contribution in [0.5, 0.6) is 5.75 Å². The molecular weight excluding hydrogens is 212 g/mol. The Labute approximate surface area is 103 Å². The van der Waals surface area contributed by atoms with Crippen LogP contribution in [0.25, 0.3) is 0 Å². The molecule has 1 fully saturated rings. The first-order valence-corrected chi connectivity index (χ1v) is 6.06. The molecule has 0 aliphatic heterocycles. The van der Waals surface area contributed by atoms with E-state index >= 15 is 0 Å².